The predicted molar refractivity (Wildman–Crippen MR) is 97.6 cm³/mol. The number of ether oxygens (including phenoxy) is 1. The molecule has 0 radical (unpaired) electrons. The summed E-state index contributed by atoms with van der Waals surface area (Å²) < 4.78 is 17.5. The molecule has 0 unspecified atom stereocenters. The lowest BCUT2D eigenvalue weighted by molar-refractivity contribution is 0.171. The molecule has 2 aliphatic carbocycles. The average molecular weight is 330 g/mol. The van der Waals surface area contributed by atoms with Crippen molar-refractivity contribution in [3.05, 3.63) is 47.8 Å². The number of allylic oxidation sites excluding steroid dienone is 1. The van der Waals surface area contributed by atoms with Crippen molar-refractivity contribution in [2.75, 3.05) is 7.11 Å². The fourth-order valence-corrected chi connectivity index (χ4v) is 4.89. The highest BCUT2D eigenvalue weighted by atomic mass is 19.1. The van der Waals surface area contributed by atoms with Gasteiger partial charge in [-0.1, -0.05) is 30.3 Å². The van der Waals surface area contributed by atoms with Crippen LogP contribution in [0.2, 0.25) is 0 Å². The summed E-state index contributed by atoms with van der Waals surface area (Å²) in [5.41, 5.74) is 2.76. The summed E-state index contributed by atoms with van der Waals surface area (Å²) in [6.07, 6.45) is 12.9. The molecule has 1 aromatic rings. The highest BCUT2D eigenvalue weighted by Gasteiger charge is 2.30. The first-order valence-electron chi connectivity index (χ1n) is 9.64. The molecule has 2 saturated carbocycles. The summed E-state index contributed by atoms with van der Waals surface area (Å²) in [5.74, 6) is 3.03. The first kappa shape index (κ1) is 17.7. The van der Waals surface area contributed by atoms with Crippen molar-refractivity contribution in [1.82, 2.24) is 0 Å². The van der Waals surface area contributed by atoms with Crippen LogP contribution >= 0.6 is 0 Å². The van der Waals surface area contributed by atoms with Crippen molar-refractivity contribution in [3.8, 4) is 0 Å². The van der Waals surface area contributed by atoms with Gasteiger partial charge in [0.1, 0.15) is 0 Å². The first-order valence-corrected chi connectivity index (χ1v) is 9.64. The molecule has 3 rings (SSSR count). The highest BCUT2D eigenvalue weighted by molar-refractivity contribution is 5.25. The van der Waals surface area contributed by atoms with Gasteiger partial charge in [0.15, 0.2) is 0 Å². The molecule has 0 heterocycles. The van der Waals surface area contributed by atoms with Gasteiger partial charge in [-0.2, -0.15) is 0 Å². The Morgan fingerprint density at radius 2 is 1.50 bits per heavy atom. The van der Waals surface area contributed by atoms with E-state index in [2.05, 4.69) is 24.3 Å². The van der Waals surface area contributed by atoms with Crippen molar-refractivity contribution in [2.24, 2.45) is 17.8 Å². The third-order valence-corrected chi connectivity index (χ3v) is 6.36. The van der Waals surface area contributed by atoms with Gasteiger partial charge in [0, 0.05) is 7.11 Å². The molecule has 0 bridgehead atoms. The van der Waals surface area contributed by atoms with Crippen molar-refractivity contribution >= 4 is 0 Å². The van der Waals surface area contributed by atoms with Crippen molar-refractivity contribution in [1.29, 1.82) is 0 Å². The van der Waals surface area contributed by atoms with Crippen LogP contribution in [0.3, 0.4) is 0 Å². The molecule has 1 nitrogen and oxygen atoms in total. The average Bonchev–Trinajstić information content (AvgIpc) is 2.64. The lowest BCUT2D eigenvalue weighted by atomic mass is 9.68. The topological polar surface area (TPSA) is 9.23 Å². The quantitative estimate of drug-likeness (QED) is 0.607. The van der Waals surface area contributed by atoms with E-state index in [0.717, 1.165) is 24.1 Å². The SMILES string of the molecule is COCc1ccc(C2CCC(C3CCC(C=CF)CC3)CC2)cc1. The van der Waals surface area contributed by atoms with Gasteiger partial charge in [-0.3, -0.25) is 0 Å². The van der Waals surface area contributed by atoms with E-state index in [0.29, 0.717) is 12.5 Å². The number of hydrogen-bond acceptors (Lipinski definition) is 1. The van der Waals surface area contributed by atoms with Crippen LogP contribution in [-0.2, 0) is 11.3 Å². The second kappa shape index (κ2) is 8.80. The van der Waals surface area contributed by atoms with Crippen LogP contribution in [0.25, 0.3) is 0 Å². The zero-order chi connectivity index (χ0) is 16.8. The molecule has 0 spiro atoms. The van der Waals surface area contributed by atoms with Crippen LogP contribution < -0.4 is 0 Å². The number of benzene rings is 1. The summed E-state index contributed by atoms with van der Waals surface area (Å²) in [6, 6.07) is 9.02. The molecule has 1 aromatic carbocycles. The van der Waals surface area contributed by atoms with E-state index in [1.54, 1.807) is 13.2 Å². The van der Waals surface area contributed by atoms with Gasteiger partial charge < -0.3 is 4.74 Å². The molecule has 24 heavy (non-hydrogen) atoms. The van der Waals surface area contributed by atoms with Crippen LogP contribution in [0.4, 0.5) is 4.39 Å². The van der Waals surface area contributed by atoms with Gasteiger partial charge in [0.05, 0.1) is 12.9 Å². The summed E-state index contributed by atoms with van der Waals surface area (Å²) in [5, 5.41) is 0. The third kappa shape index (κ3) is 4.47. The Kier molecular flexibility index (Phi) is 6.48. The van der Waals surface area contributed by atoms with E-state index in [9.17, 15) is 4.39 Å². The highest BCUT2D eigenvalue weighted by Crippen LogP contribution is 2.44. The monoisotopic (exact) mass is 330 g/mol. The summed E-state index contributed by atoms with van der Waals surface area (Å²) in [7, 11) is 1.75. The number of rotatable bonds is 5. The maximum Gasteiger partial charge on any atom is 0.0829 e. The Hall–Kier alpha value is -1.15. The van der Waals surface area contributed by atoms with Gasteiger partial charge >= 0.3 is 0 Å². The van der Waals surface area contributed by atoms with E-state index in [4.69, 9.17) is 4.74 Å². The first-order chi connectivity index (χ1) is 11.8. The van der Waals surface area contributed by atoms with Gasteiger partial charge in [-0.25, -0.2) is 4.39 Å². The Balaban J connectivity index is 1.47. The molecular weight excluding hydrogens is 299 g/mol. The van der Waals surface area contributed by atoms with Crippen LogP contribution in [-0.4, -0.2) is 7.11 Å². The minimum Gasteiger partial charge on any atom is -0.380 e. The molecule has 2 heteroatoms. The molecule has 0 N–H and O–H groups in total. The summed E-state index contributed by atoms with van der Waals surface area (Å²) >= 11 is 0. The molecule has 0 aliphatic heterocycles. The van der Waals surface area contributed by atoms with Crippen LogP contribution in [0.15, 0.2) is 36.7 Å². The van der Waals surface area contributed by atoms with E-state index in [-0.39, 0.29) is 0 Å². The molecule has 2 aliphatic rings. The third-order valence-electron chi connectivity index (χ3n) is 6.36. The lowest BCUT2D eigenvalue weighted by Gasteiger charge is -2.37. The van der Waals surface area contributed by atoms with Crippen LogP contribution in [0, 0.1) is 17.8 Å². The summed E-state index contributed by atoms with van der Waals surface area (Å²) in [6.45, 7) is 0.702. The second-order valence-corrected chi connectivity index (χ2v) is 7.78. The standard InChI is InChI=1S/C22H31FO/c1-24-16-18-4-8-20(9-5-18)22-12-10-21(11-13-22)19-6-2-17(3-7-19)14-15-23/h4-5,8-9,14-15,17,19,21-22H,2-3,6-7,10-13,16H2,1H3. The molecule has 132 valence electrons. The molecule has 2 fully saturated rings. The zero-order valence-corrected chi connectivity index (χ0v) is 14.9. The van der Waals surface area contributed by atoms with E-state index >= 15 is 0 Å². The van der Waals surface area contributed by atoms with Gasteiger partial charge in [0.25, 0.3) is 0 Å². The van der Waals surface area contributed by atoms with Crippen LogP contribution in [0.5, 0.6) is 0 Å². The van der Waals surface area contributed by atoms with E-state index < -0.39 is 0 Å². The zero-order valence-electron chi connectivity index (χ0n) is 14.9. The molecule has 0 saturated heterocycles. The molecule has 0 atom stereocenters. The number of methoxy groups -OCH3 is 1. The van der Waals surface area contributed by atoms with E-state index in [1.165, 1.54) is 62.5 Å². The lowest BCUT2D eigenvalue weighted by Crippen LogP contribution is -2.25. The van der Waals surface area contributed by atoms with E-state index in [1.807, 2.05) is 0 Å². The molecule has 0 aromatic heterocycles. The maximum atomic E-state index is 12.3. The van der Waals surface area contributed by atoms with Crippen molar-refractivity contribution < 1.29 is 9.13 Å². The minimum atomic E-state index is 0.494. The molecular formula is C22H31FO. The largest absolute Gasteiger partial charge is 0.380 e. The normalized spacial score (nSPS) is 31.4. The van der Waals surface area contributed by atoms with Crippen LogP contribution in [0.1, 0.15) is 68.4 Å². The van der Waals surface area contributed by atoms with Gasteiger partial charge in [-0.15, -0.1) is 0 Å². The number of hydrogen-bond donors (Lipinski definition) is 0. The summed E-state index contributed by atoms with van der Waals surface area (Å²) in [4.78, 5) is 0. The predicted octanol–water partition coefficient (Wildman–Crippen LogP) is 6.40. The van der Waals surface area contributed by atoms with Gasteiger partial charge in [-0.05, 0) is 86.2 Å². The second-order valence-electron chi connectivity index (χ2n) is 7.78. The fraction of sp³-hybridized carbons (Fsp3) is 0.636. The minimum absolute atomic E-state index is 0.494. The maximum absolute atomic E-state index is 12.3. The van der Waals surface area contributed by atoms with Crippen molar-refractivity contribution in [2.45, 2.75) is 63.9 Å². The Labute approximate surface area is 146 Å². The van der Waals surface area contributed by atoms with Gasteiger partial charge in [0.2, 0.25) is 0 Å². The fourth-order valence-electron chi connectivity index (χ4n) is 4.89. The van der Waals surface area contributed by atoms with Crippen molar-refractivity contribution in [3.63, 3.8) is 0 Å². The Bertz CT molecular complexity index is 505. The molecule has 0 amide bonds. The Morgan fingerprint density at radius 3 is 2.04 bits per heavy atom. The Morgan fingerprint density at radius 1 is 0.917 bits per heavy atom. The number of halogens is 1. The smallest absolute Gasteiger partial charge is 0.0829 e.